The standard InChI is InChI=1S/C10H21NO/c1-3-4-6-10-7-5-8-11(9-10)12-2/h10H,3-9H2,1-2H3. The van der Waals surface area contributed by atoms with Crippen LogP contribution in [0.2, 0.25) is 0 Å². The zero-order valence-corrected chi connectivity index (χ0v) is 8.38. The molecule has 0 spiro atoms. The molecule has 0 saturated carbocycles. The van der Waals surface area contributed by atoms with Crippen LogP contribution in [0.4, 0.5) is 0 Å². The second-order valence-electron chi connectivity index (χ2n) is 3.72. The molecule has 1 heterocycles. The second kappa shape index (κ2) is 5.55. The average Bonchev–Trinajstić information content (AvgIpc) is 2.15. The smallest absolute Gasteiger partial charge is 0.0575 e. The van der Waals surface area contributed by atoms with Gasteiger partial charge in [-0.3, -0.25) is 0 Å². The summed E-state index contributed by atoms with van der Waals surface area (Å²) in [6, 6.07) is 0. The average molecular weight is 171 g/mol. The van der Waals surface area contributed by atoms with Gasteiger partial charge in [0, 0.05) is 13.1 Å². The Morgan fingerprint density at radius 3 is 3.00 bits per heavy atom. The van der Waals surface area contributed by atoms with E-state index in [9.17, 15) is 0 Å². The van der Waals surface area contributed by atoms with E-state index in [0.29, 0.717) is 0 Å². The van der Waals surface area contributed by atoms with Crippen LogP contribution < -0.4 is 0 Å². The summed E-state index contributed by atoms with van der Waals surface area (Å²) in [5, 5.41) is 2.10. The van der Waals surface area contributed by atoms with E-state index in [0.717, 1.165) is 19.0 Å². The number of nitrogens with zero attached hydrogens (tertiary/aromatic N) is 1. The molecule has 0 radical (unpaired) electrons. The van der Waals surface area contributed by atoms with Crippen molar-refractivity contribution in [3.8, 4) is 0 Å². The highest BCUT2D eigenvalue weighted by atomic mass is 16.7. The van der Waals surface area contributed by atoms with E-state index in [-0.39, 0.29) is 0 Å². The lowest BCUT2D eigenvalue weighted by Gasteiger charge is -2.30. The van der Waals surface area contributed by atoms with Gasteiger partial charge in [0.05, 0.1) is 7.11 Å². The molecular formula is C10H21NO. The Hall–Kier alpha value is -0.0800. The molecule has 2 heteroatoms. The highest BCUT2D eigenvalue weighted by Gasteiger charge is 2.18. The van der Waals surface area contributed by atoms with Crippen molar-refractivity contribution in [2.24, 2.45) is 5.92 Å². The monoisotopic (exact) mass is 171 g/mol. The van der Waals surface area contributed by atoms with Gasteiger partial charge in [0.2, 0.25) is 0 Å². The van der Waals surface area contributed by atoms with E-state index in [1.165, 1.54) is 32.1 Å². The Morgan fingerprint density at radius 1 is 1.50 bits per heavy atom. The zero-order chi connectivity index (χ0) is 8.81. The molecule has 0 bridgehead atoms. The quantitative estimate of drug-likeness (QED) is 0.644. The lowest BCUT2D eigenvalue weighted by atomic mass is 9.94. The van der Waals surface area contributed by atoms with E-state index in [4.69, 9.17) is 4.84 Å². The first-order valence-corrected chi connectivity index (χ1v) is 5.16. The Labute approximate surface area is 75.8 Å². The van der Waals surface area contributed by atoms with Crippen molar-refractivity contribution in [3.05, 3.63) is 0 Å². The number of hydroxylamine groups is 2. The molecule has 12 heavy (non-hydrogen) atoms. The van der Waals surface area contributed by atoms with Gasteiger partial charge in [0.15, 0.2) is 0 Å². The molecule has 72 valence electrons. The largest absolute Gasteiger partial charge is 0.302 e. The maximum Gasteiger partial charge on any atom is 0.0575 e. The summed E-state index contributed by atoms with van der Waals surface area (Å²) in [5.41, 5.74) is 0. The van der Waals surface area contributed by atoms with Crippen LogP contribution in [-0.4, -0.2) is 25.3 Å². The van der Waals surface area contributed by atoms with Crippen LogP contribution >= 0.6 is 0 Å². The summed E-state index contributed by atoms with van der Waals surface area (Å²) in [5.74, 6) is 0.888. The van der Waals surface area contributed by atoms with Gasteiger partial charge in [-0.15, -0.1) is 0 Å². The van der Waals surface area contributed by atoms with Crippen LogP contribution in [0.1, 0.15) is 39.0 Å². The van der Waals surface area contributed by atoms with E-state index < -0.39 is 0 Å². The normalized spacial score (nSPS) is 26.0. The predicted octanol–water partition coefficient (Wildman–Crippen LogP) is 2.45. The van der Waals surface area contributed by atoms with Crippen LogP contribution in [0.15, 0.2) is 0 Å². The molecule has 1 unspecified atom stereocenters. The first-order valence-electron chi connectivity index (χ1n) is 5.16. The summed E-state index contributed by atoms with van der Waals surface area (Å²) in [7, 11) is 1.78. The van der Waals surface area contributed by atoms with Crippen molar-refractivity contribution in [2.75, 3.05) is 20.2 Å². The van der Waals surface area contributed by atoms with E-state index in [2.05, 4.69) is 12.0 Å². The minimum atomic E-state index is 0.888. The van der Waals surface area contributed by atoms with Crippen molar-refractivity contribution < 1.29 is 4.84 Å². The summed E-state index contributed by atoms with van der Waals surface area (Å²) in [4.78, 5) is 5.23. The summed E-state index contributed by atoms with van der Waals surface area (Å²) < 4.78 is 0. The molecule has 2 nitrogen and oxygen atoms in total. The van der Waals surface area contributed by atoms with Crippen molar-refractivity contribution in [1.82, 2.24) is 5.06 Å². The molecule has 0 N–H and O–H groups in total. The lowest BCUT2D eigenvalue weighted by molar-refractivity contribution is -0.153. The first-order chi connectivity index (χ1) is 5.86. The number of hydrogen-bond acceptors (Lipinski definition) is 2. The van der Waals surface area contributed by atoms with Crippen molar-refractivity contribution in [3.63, 3.8) is 0 Å². The fraction of sp³-hybridized carbons (Fsp3) is 1.00. The van der Waals surface area contributed by atoms with Crippen molar-refractivity contribution in [2.45, 2.75) is 39.0 Å². The van der Waals surface area contributed by atoms with E-state index in [1.54, 1.807) is 7.11 Å². The third-order valence-electron chi connectivity index (χ3n) is 2.71. The number of hydrogen-bond donors (Lipinski definition) is 0. The summed E-state index contributed by atoms with van der Waals surface area (Å²) >= 11 is 0. The SMILES string of the molecule is CCCCC1CCCN(OC)C1. The fourth-order valence-electron chi connectivity index (χ4n) is 1.92. The highest BCUT2D eigenvalue weighted by molar-refractivity contribution is 4.68. The van der Waals surface area contributed by atoms with Gasteiger partial charge in [-0.05, 0) is 25.2 Å². The molecule has 1 atom stereocenters. The predicted molar refractivity (Wildman–Crippen MR) is 50.8 cm³/mol. The molecule has 1 aliphatic rings. The van der Waals surface area contributed by atoms with Crippen LogP contribution in [0.5, 0.6) is 0 Å². The van der Waals surface area contributed by atoms with Gasteiger partial charge in [-0.25, -0.2) is 0 Å². The topological polar surface area (TPSA) is 12.5 Å². The second-order valence-corrected chi connectivity index (χ2v) is 3.72. The minimum absolute atomic E-state index is 0.888. The summed E-state index contributed by atoms with van der Waals surface area (Å²) in [6.45, 7) is 4.53. The number of rotatable bonds is 4. The molecule has 0 aromatic carbocycles. The molecule has 0 aromatic rings. The molecule has 0 aromatic heterocycles. The Morgan fingerprint density at radius 2 is 2.33 bits per heavy atom. The maximum absolute atomic E-state index is 5.23. The Kier molecular flexibility index (Phi) is 4.62. The Balaban J connectivity index is 2.16. The molecule has 0 aliphatic carbocycles. The van der Waals surface area contributed by atoms with Gasteiger partial charge in [-0.2, -0.15) is 5.06 Å². The van der Waals surface area contributed by atoms with Gasteiger partial charge >= 0.3 is 0 Å². The minimum Gasteiger partial charge on any atom is -0.302 e. The highest BCUT2D eigenvalue weighted by Crippen LogP contribution is 2.21. The van der Waals surface area contributed by atoms with Gasteiger partial charge in [-0.1, -0.05) is 19.8 Å². The van der Waals surface area contributed by atoms with Gasteiger partial charge < -0.3 is 4.84 Å². The fourth-order valence-corrected chi connectivity index (χ4v) is 1.92. The van der Waals surface area contributed by atoms with Gasteiger partial charge in [0.1, 0.15) is 0 Å². The van der Waals surface area contributed by atoms with Gasteiger partial charge in [0.25, 0.3) is 0 Å². The third kappa shape index (κ3) is 3.11. The molecule has 1 aliphatic heterocycles. The van der Waals surface area contributed by atoms with Crippen molar-refractivity contribution in [1.29, 1.82) is 0 Å². The lowest BCUT2D eigenvalue weighted by Crippen LogP contribution is -2.34. The molecule has 1 rings (SSSR count). The molecule has 0 amide bonds. The number of unbranched alkanes of at least 4 members (excludes halogenated alkanes) is 1. The van der Waals surface area contributed by atoms with Crippen LogP contribution in [-0.2, 0) is 4.84 Å². The zero-order valence-electron chi connectivity index (χ0n) is 8.38. The summed E-state index contributed by atoms with van der Waals surface area (Å²) in [6.07, 6.45) is 6.80. The maximum atomic E-state index is 5.23. The molecular weight excluding hydrogens is 150 g/mol. The third-order valence-corrected chi connectivity index (χ3v) is 2.71. The number of piperidine rings is 1. The molecule has 1 saturated heterocycles. The van der Waals surface area contributed by atoms with Crippen LogP contribution in [0.25, 0.3) is 0 Å². The van der Waals surface area contributed by atoms with Crippen molar-refractivity contribution >= 4 is 0 Å². The van der Waals surface area contributed by atoms with Crippen LogP contribution in [0, 0.1) is 5.92 Å². The molecule has 1 fully saturated rings. The Bertz CT molecular complexity index is 116. The first kappa shape index (κ1) is 10.0. The van der Waals surface area contributed by atoms with E-state index in [1.807, 2.05) is 0 Å². The van der Waals surface area contributed by atoms with Crippen LogP contribution in [0.3, 0.4) is 0 Å². The van der Waals surface area contributed by atoms with E-state index >= 15 is 0 Å².